The minimum absolute atomic E-state index is 0.105. The maximum absolute atomic E-state index is 13.1. The third-order valence-corrected chi connectivity index (χ3v) is 2.40. The summed E-state index contributed by atoms with van der Waals surface area (Å²) in [6, 6.07) is 8.87. The molecule has 15 heavy (non-hydrogen) atoms. The molecule has 0 aliphatic carbocycles. The predicted octanol–water partition coefficient (Wildman–Crippen LogP) is 0.00290. The number of hydrogen-bond donors (Lipinski definition) is 1. The van der Waals surface area contributed by atoms with Crippen molar-refractivity contribution in [1.29, 1.82) is 0 Å². The van der Waals surface area contributed by atoms with Crippen molar-refractivity contribution >= 4 is 13.0 Å². The van der Waals surface area contributed by atoms with Crippen molar-refractivity contribution in [3.05, 3.63) is 35.9 Å². The number of benzene rings is 1. The van der Waals surface area contributed by atoms with Crippen molar-refractivity contribution in [2.24, 2.45) is 0 Å². The van der Waals surface area contributed by atoms with Gasteiger partial charge in [0.25, 0.3) is 0 Å². The molecule has 2 rings (SSSR count). The second-order valence-corrected chi connectivity index (χ2v) is 3.58. The topological polar surface area (TPSA) is 30.7 Å². The molecule has 0 spiro atoms. The highest BCUT2D eigenvalue weighted by molar-refractivity contribution is 6.53. The molecule has 1 heterocycles. The van der Waals surface area contributed by atoms with Crippen molar-refractivity contribution in [1.82, 2.24) is 0 Å². The quantitative estimate of drug-likeness (QED) is 0.701. The lowest BCUT2D eigenvalue weighted by atomic mass is 10.0. The Morgan fingerprint density at radius 1 is 1.33 bits per heavy atom. The molecule has 1 aliphatic rings. The maximum atomic E-state index is 13.1. The molecular formula is C9H10BF2NO2. The lowest BCUT2D eigenvalue weighted by molar-refractivity contribution is -0.814. The van der Waals surface area contributed by atoms with Gasteiger partial charge < -0.3 is 18.1 Å². The summed E-state index contributed by atoms with van der Waals surface area (Å²) in [5.74, 6) is -0.828. The lowest BCUT2D eigenvalue weighted by Gasteiger charge is -2.23. The summed E-state index contributed by atoms with van der Waals surface area (Å²) in [7, 11) is -4.05. The van der Waals surface area contributed by atoms with Crippen LogP contribution in [0.4, 0.5) is 8.63 Å². The van der Waals surface area contributed by atoms with Crippen LogP contribution in [0.25, 0.3) is 0 Å². The number of quaternary nitrogens is 1. The van der Waals surface area contributed by atoms with Crippen LogP contribution in [0.15, 0.2) is 30.3 Å². The van der Waals surface area contributed by atoms with Crippen LogP contribution < -0.4 is 4.81 Å². The molecule has 6 heteroatoms. The molecular weight excluding hydrogens is 203 g/mol. The zero-order valence-electron chi connectivity index (χ0n) is 7.95. The van der Waals surface area contributed by atoms with Crippen LogP contribution in [0, 0.1) is 0 Å². The van der Waals surface area contributed by atoms with Gasteiger partial charge in [-0.25, -0.2) is 0 Å². The average molecular weight is 213 g/mol. The van der Waals surface area contributed by atoms with Gasteiger partial charge in [-0.3, -0.25) is 4.79 Å². The number of rotatable bonds is 2. The standard InChI is InChI=1S/C9H10BF2NO2/c11-10(12)13(7-9(14)15-10)6-8-4-2-1-3-5-8/h1-5,13H,6-7H2. The molecule has 0 aromatic heterocycles. The Labute approximate surface area is 85.7 Å². The number of carbonyl (C=O) groups is 1. The summed E-state index contributed by atoms with van der Waals surface area (Å²) < 4.78 is 30.2. The van der Waals surface area contributed by atoms with Crippen molar-refractivity contribution in [3.8, 4) is 0 Å². The van der Waals surface area contributed by atoms with Crippen LogP contribution >= 0.6 is 0 Å². The molecule has 1 atom stereocenters. The molecule has 1 unspecified atom stereocenters. The van der Waals surface area contributed by atoms with Gasteiger partial charge in [0.15, 0.2) is 0 Å². The first-order valence-corrected chi connectivity index (χ1v) is 4.69. The van der Waals surface area contributed by atoms with Gasteiger partial charge in [-0.15, -0.1) is 0 Å². The number of halogens is 2. The molecule has 0 amide bonds. The van der Waals surface area contributed by atoms with Crippen LogP contribution in [-0.2, 0) is 16.0 Å². The Morgan fingerprint density at radius 3 is 2.53 bits per heavy atom. The van der Waals surface area contributed by atoms with Gasteiger partial charge in [-0.1, -0.05) is 30.3 Å². The highest BCUT2D eigenvalue weighted by Crippen LogP contribution is 2.07. The monoisotopic (exact) mass is 213 g/mol. The van der Waals surface area contributed by atoms with Gasteiger partial charge in [0.2, 0.25) is 0 Å². The Bertz CT molecular complexity index is 372. The molecule has 1 aliphatic heterocycles. The van der Waals surface area contributed by atoms with Crippen LogP contribution in [0.5, 0.6) is 0 Å². The predicted molar refractivity (Wildman–Crippen MR) is 50.0 cm³/mol. The number of carbonyl (C=O) groups excluding carboxylic acids is 1. The molecule has 1 fully saturated rings. The SMILES string of the molecule is O=C1C[NH+](Cc2ccccc2)[B-](F)(F)O1. The van der Waals surface area contributed by atoms with Gasteiger partial charge in [0.05, 0.1) is 6.54 Å². The summed E-state index contributed by atoms with van der Waals surface area (Å²) >= 11 is 0. The van der Waals surface area contributed by atoms with E-state index in [0.29, 0.717) is 0 Å². The van der Waals surface area contributed by atoms with Gasteiger partial charge >= 0.3 is 13.0 Å². The van der Waals surface area contributed by atoms with Crippen LogP contribution in [0.3, 0.4) is 0 Å². The van der Waals surface area contributed by atoms with E-state index in [0.717, 1.165) is 5.56 Å². The van der Waals surface area contributed by atoms with E-state index in [1.165, 1.54) is 0 Å². The van der Waals surface area contributed by atoms with E-state index >= 15 is 0 Å². The Kier molecular flexibility index (Phi) is 2.44. The van der Waals surface area contributed by atoms with E-state index in [1.807, 2.05) is 6.07 Å². The highest BCUT2D eigenvalue weighted by atomic mass is 19.3. The first kappa shape index (κ1) is 10.1. The van der Waals surface area contributed by atoms with Gasteiger partial charge in [0, 0.05) is 5.56 Å². The third-order valence-electron chi connectivity index (χ3n) is 2.40. The summed E-state index contributed by atoms with van der Waals surface area (Å²) in [4.78, 5) is 10.6. The molecule has 1 N–H and O–H groups in total. The fraction of sp³-hybridized carbons (Fsp3) is 0.222. The van der Waals surface area contributed by atoms with Gasteiger partial charge in [0.1, 0.15) is 6.54 Å². The molecule has 3 nitrogen and oxygen atoms in total. The van der Waals surface area contributed by atoms with Crippen molar-refractivity contribution in [2.45, 2.75) is 6.54 Å². The lowest BCUT2D eigenvalue weighted by Crippen LogP contribution is -3.18. The van der Waals surface area contributed by atoms with E-state index in [2.05, 4.69) is 4.65 Å². The van der Waals surface area contributed by atoms with Crippen LogP contribution in [-0.4, -0.2) is 19.6 Å². The van der Waals surface area contributed by atoms with E-state index in [4.69, 9.17) is 0 Å². The second-order valence-electron chi connectivity index (χ2n) is 3.58. The second kappa shape index (κ2) is 3.62. The third kappa shape index (κ3) is 2.15. The van der Waals surface area contributed by atoms with Gasteiger partial charge in [-0.05, 0) is 0 Å². The summed E-state index contributed by atoms with van der Waals surface area (Å²) in [5, 5.41) is 0. The Morgan fingerprint density at radius 2 is 2.00 bits per heavy atom. The minimum atomic E-state index is -4.05. The Balaban J connectivity index is 2.10. The molecule has 1 saturated heterocycles. The van der Waals surface area contributed by atoms with E-state index in [9.17, 15) is 13.4 Å². The summed E-state index contributed by atoms with van der Waals surface area (Å²) in [5.41, 5.74) is 0.771. The molecule has 0 bridgehead atoms. The molecule has 0 saturated carbocycles. The van der Waals surface area contributed by atoms with E-state index in [-0.39, 0.29) is 17.9 Å². The number of nitrogens with one attached hydrogen (secondary N) is 1. The zero-order valence-corrected chi connectivity index (χ0v) is 7.95. The average Bonchev–Trinajstić information content (AvgIpc) is 2.41. The van der Waals surface area contributed by atoms with E-state index in [1.54, 1.807) is 24.3 Å². The zero-order chi connectivity index (χ0) is 10.9. The largest absolute Gasteiger partial charge is 0.756 e. The van der Waals surface area contributed by atoms with Crippen LogP contribution in [0.1, 0.15) is 5.56 Å². The maximum Gasteiger partial charge on any atom is 0.756 e. The molecule has 1 aromatic carbocycles. The first-order chi connectivity index (χ1) is 7.08. The number of hydrogen-bond acceptors (Lipinski definition) is 2. The van der Waals surface area contributed by atoms with Crippen molar-refractivity contribution in [3.63, 3.8) is 0 Å². The smallest absolute Gasteiger partial charge is 0.577 e. The fourth-order valence-electron chi connectivity index (χ4n) is 1.63. The summed E-state index contributed by atoms with van der Waals surface area (Å²) in [6.07, 6.45) is 0. The molecule has 0 radical (unpaired) electrons. The fourth-order valence-corrected chi connectivity index (χ4v) is 1.63. The van der Waals surface area contributed by atoms with E-state index < -0.39 is 13.0 Å². The Hall–Kier alpha value is -1.43. The molecule has 1 aromatic rings. The van der Waals surface area contributed by atoms with Crippen molar-refractivity contribution < 1.29 is 22.9 Å². The van der Waals surface area contributed by atoms with Crippen molar-refractivity contribution in [2.75, 3.05) is 6.54 Å². The summed E-state index contributed by atoms with van der Waals surface area (Å²) in [6.45, 7) is -0.151. The highest BCUT2D eigenvalue weighted by Gasteiger charge is 2.52. The molecule has 80 valence electrons. The normalized spacial score (nSPS) is 23.9. The van der Waals surface area contributed by atoms with Crippen LogP contribution in [0.2, 0.25) is 0 Å². The van der Waals surface area contributed by atoms with Gasteiger partial charge in [-0.2, -0.15) is 0 Å². The first-order valence-electron chi connectivity index (χ1n) is 4.69. The minimum Gasteiger partial charge on any atom is -0.577 e.